The van der Waals surface area contributed by atoms with Crippen molar-refractivity contribution in [1.82, 2.24) is 4.90 Å². The first-order chi connectivity index (χ1) is 10.4. The minimum atomic E-state index is -0.368. The van der Waals surface area contributed by atoms with Crippen molar-refractivity contribution in [1.29, 1.82) is 5.41 Å². The third-order valence-corrected chi connectivity index (χ3v) is 4.68. The number of hydrogen-bond acceptors (Lipinski definition) is 3. The quantitative estimate of drug-likeness (QED) is 0.640. The number of nitrogens with zero attached hydrogens (tertiary/aromatic N) is 1. The molecule has 120 valence electrons. The second-order valence-electron chi connectivity index (χ2n) is 7.27. The van der Waals surface area contributed by atoms with Gasteiger partial charge >= 0.3 is 0 Å². The molecular weight excluding hydrogens is 276 g/mol. The Labute approximate surface area is 132 Å². The summed E-state index contributed by atoms with van der Waals surface area (Å²) in [6, 6.07) is 8.41. The molecule has 2 heterocycles. The van der Waals surface area contributed by atoms with Gasteiger partial charge in [-0.25, -0.2) is 0 Å². The Morgan fingerprint density at radius 1 is 1.05 bits per heavy atom. The number of hydrogen-bond donors (Lipinski definition) is 1. The third-order valence-electron chi connectivity index (χ3n) is 4.68. The molecule has 1 aromatic carbocycles. The monoisotopic (exact) mass is 302 g/mol. The molecule has 1 aromatic rings. The summed E-state index contributed by atoms with van der Waals surface area (Å²) in [4.78, 5) is 2.13. The molecule has 0 saturated carbocycles. The maximum atomic E-state index is 8.45. The lowest BCUT2D eigenvalue weighted by atomic mass is 9.86. The molecular formula is C18H26N2O2. The van der Waals surface area contributed by atoms with E-state index in [1.807, 2.05) is 0 Å². The van der Waals surface area contributed by atoms with E-state index in [0.717, 1.165) is 31.5 Å². The molecule has 2 aliphatic rings. The molecule has 0 unspecified atom stereocenters. The van der Waals surface area contributed by atoms with Gasteiger partial charge in [-0.15, -0.1) is 0 Å². The molecule has 0 bridgehead atoms. The lowest BCUT2D eigenvalue weighted by Gasteiger charge is -2.38. The van der Waals surface area contributed by atoms with Crippen molar-refractivity contribution in [3.63, 3.8) is 0 Å². The van der Waals surface area contributed by atoms with Crippen LogP contribution in [-0.2, 0) is 14.9 Å². The number of piperidine rings is 1. The van der Waals surface area contributed by atoms with E-state index in [1.54, 1.807) is 0 Å². The van der Waals surface area contributed by atoms with Crippen molar-refractivity contribution >= 4 is 5.84 Å². The van der Waals surface area contributed by atoms with Crippen molar-refractivity contribution in [3.8, 4) is 0 Å². The number of ether oxygens (including phenoxy) is 2. The van der Waals surface area contributed by atoms with Crippen LogP contribution in [0.5, 0.6) is 0 Å². The van der Waals surface area contributed by atoms with Gasteiger partial charge in [0.05, 0.1) is 13.2 Å². The van der Waals surface area contributed by atoms with Crippen molar-refractivity contribution in [2.24, 2.45) is 0 Å². The highest BCUT2D eigenvalue weighted by Crippen LogP contribution is 2.32. The van der Waals surface area contributed by atoms with Crippen LogP contribution < -0.4 is 0 Å². The molecule has 0 atom stereocenters. The summed E-state index contributed by atoms with van der Waals surface area (Å²) >= 11 is 0. The Kier molecular flexibility index (Phi) is 4.00. The van der Waals surface area contributed by atoms with Crippen molar-refractivity contribution in [2.45, 2.75) is 44.8 Å². The number of rotatable bonds is 1. The molecule has 2 aliphatic heterocycles. The summed E-state index contributed by atoms with van der Waals surface area (Å²) in [5.41, 5.74) is 2.43. The average Bonchev–Trinajstić information content (AvgIpc) is 2.95. The first kappa shape index (κ1) is 15.5. The predicted molar refractivity (Wildman–Crippen MR) is 87.4 cm³/mol. The van der Waals surface area contributed by atoms with Gasteiger partial charge in [0.25, 0.3) is 0 Å². The van der Waals surface area contributed by atoms with Crippen LogP contribution in [0, 0.1) is 5.41 Å². The van der Waals surface area contributed by atoms with Crippen LogP contribution in [0.25, 0.3) is 0 Å². The summed E-state index contributed by atoms with van der Waals surface area (Å²) in [5, 5.41) is 8.45. The number of nitrogens with one attached hydrogen (secondary N) is 1. The van der Waals surface area contributed by atoms with Crippen LogP contribution in [0.3, 0.4) is 0 Å². The molecule has 1 N–H and O–H groups in total. The predicted octanol–water partition coefficient (Wildman–Crippen LogP) is 3.15. The molecule has 1 spiro atoms. The lowest BCUT2D eigenvalue weighted by molar-refractivity contribution is -0.180. The smallest absolute Gasteiger partial charge is 0.171 e. The van der Waals surface area contributed by atoms with Crippen LogP contribution in [0.1, 0.15) is 44.7 Å². The first-order valence-electron chi connectivity index (χ1n) is 8.12. The van der Waals surface area contributed by atoms with Gasteiger partial charge in [-0.2, -0.15) is 0 Å². The maximum Gasteiger partial charge on any atom is 0.171 e. The highest BCUT2D eigenvalue weighted by atomic mass is 16.7. The van der Waals surface area contributed by atoms with Crippen molar-refractivity contribution in [3.05, 3.63) is 35.4 Å². The van der Waals surface area contributed by atoms with Crippen LogP contribution in [-0.4, -0.2) is 42.8 Å². The number of amidine groups is 1. The number of likely N-dealkylation sites (tertiary alicyclic amines) is 1. The van der Waals surface area contributed by atoms with E-state index in [9.17, 15) is 0 Å². The normalized spacial score (nSPS) is 21.3. The topological polar surface area (TPSA) is 45.6 Å². The van der Waals surface area contributed by atoms with E-state index in [4.69, 9.17) is 14.9 Å². The zero-order chi connectivity index (χ0) is 15.8. The minimum Gasteiger partial charge on any atom is -0.356 e. The molecule has 2 fully saturated rings. The molecule has 4 heteroatoms. The SMILES string of the molecule is CC(C)(C)c1ccc(C(=N)N2CCC3(CC2)OCCO3)cc1. The second-order valence-corrected chi connectivity index (χ2v) is 7.27. The molecule has 0 aromatic heterocycles. The van der Waals surface area contributed by atoms with Gasteiger partial charge in [0.2, 0.25) is 0 Å². The second kappa shape index (κ2) is 5.67. The van der Waals surface area contributed by atoms with E-state index in [2.05, 4.69) is 49.9 Å². The average molecular weight is 302 g/mol. The molecule has 2 saturated heterocycles. The largest absolute Gasteiger partial charge is 0.356 e. The molecule has 3 rings (SSSR count). The molecule has 0 amide bonds. The fourth-order valence-corrected chi connectivity index (χ4v) is 3.17. The van der Waals surface area contributed by atoms with Crippen LogP contribution in [0.4, 0.5) is 0 Å². The van der Waals surface area contributed by atoms with Gasteiger partial charge in [0.1, 0.15) is 5.84 Å². The Morgan fingerprint density at radius 2 is 1.59 bits per heavy atom. The van der Waals surface area contributed by atoms with E-state index in [0.29, 0.717) is 19.0 Å². The van der Waals surface area contributed by atoms with E-state index in [-0.39, 0.29) is 11.2 Å². The Hall–Kier alpha value is -1.39. The summed E-state index contributed by atoms with van der Waals surface area (Å²) in [6.07, 6.45) is 1.69. The third kappa shape index (κ3) is 3.03. The summed E-state index contributed by atoms with van der Waals surface area (Å²) < 4.78 is 11.5. The molecule has 4 nitrogen and oxygen atoms in total. The zero-order valence-corrected chi connectivity index (χ0v) is 13.8. The maximum absolute atomic E-state index is 8.45. The highest BCUT2D eigenvalue weighted by Gasteiger charge is 2.40. The van der Waals surface area contributed by atoms with E-state index < -0.39 is 0 Å². The van der Waals surface area contributed by atoms with Gasteiger partial charge in [0.15, 0.2) is 5.79 Å². The van der Waals surface area contributed by atoms with Crippen LogP contribution >= 0.6 is 0 Å². The zero-order valence-electron chi connectivity index (χ0n) is 13.8. The van der Waals surface area contributed by atoms with E-state index in [1.165, 1.54) is 5.56 Å². The van der Waals surface area contributed by atoms with Gasteiger partial charge < -0.3 is 14.4 Å². The molecule has 22 heavy (non-hydrogen) atoms. The number of benzene rings is 1. The van der Waals surface area contributed by atoms with E-state index >= 15 is 0 Å². The van der Waals surface area contributed by atoms with Gasteiger partial charge in [-0.3, -0.25) is 5.41 Å². The van der Waals surface area contributed by atoms with Gasteiger partial charge in [-0.05, 0) is 11.0 Å². The fraction of sp³-hybridized carbons (Fsp3) is 0.611. The first-order valence-corrected chi connectivity index (χ1v) is 8.12. The Morgan fingerprint density at radius 3 is 2.09 bits per heavy atom. The molecule has 0 aliphatic carbocycles. The molecule has 0 radical (unpaired) electrons. The Balaban J connectivity index is 1.65. The van der Waals surface area contributed by atoms with Crippen LogP contribution in [0.15, 0.2) is 24.3 Å². The lowest BCUT2D eigenvalue weighted by Crippen LogP contribution is -2.47. The fourth-order valence-electron chi connectivity index (χ4n) is 3.17. The van der Waals surface area contributed by atoms with Gasteiger partial charge in [-0.1, -0.05) is 45.0 Å². The van der Waals surface area contributed by atoms with Gasteiger partial charge in [0, 0.05) is 31.5 Å². The summed E-state index contributed by atoms with van der Waals surface area (Å²) in [6.45, 7) is 9.66. The standard InChI is InChI=1S/C18H26N2O2/c1-17(2,3)15-6-4-14(5-7-15)16(19)20-10-8-18(9-11-20)21-12-13-22-18/h4-7,19H,8-13H2,1-3H3. The summed E-state index contributed by atoms with van der Waals surface area (Å²) in [5.74, 6) is 0.237. The summed E-state index contributed by atoms with van der Waals surface area (Å²) in [7, 11) is 0. The van der Waals surface area contributed by atoms with Crippen molar-refractivity contribution in [2.75, 3.05) is 26.3 Å². The highest BCUT2D eigenvalue weighted by molar-refractivity contribution is 5.96. The Bertz CT molecular complexity index is 529. The minimum absolute atomic E-state index is 0.148. The van der Waals surface area contributed by atoms with Crippen LogP contribution in [0.2, 0.25) is 0 Å². The van der Waals surface area contributed by atoms with Crippen molar-refractivity contribution < 1.29 is 9.47 Å².